The van der Waals surface area contributed by atoms with Crippen LogP contribution in [0, 0.1) is 5.92 Å². The van der Waals surface area contributed by atoms with E-state index < -0.39 is 5.92 Å². The van der Waals surface area contributed by atoms with E-state index in [4.69, 9.17) is 0 Å². The van der Waals surface area contributed by atoms with Crippen molar-refractivity contribution in [2.45, 2.75) is 25.8 Å². The summed E-state index contributed by atoms with van der Waals surface area (Å²) in [5, 5.41) is 3.55. The van der Waals surface area contributed by atoms with E-state index >= 15 is 0 Å². The van der Waals surface area contributed by atoms with Gasteiger partial charge in [0.2, 0.25) is 5.91 Å². The largest absolute Gasteiger partial charge is 0.377 e. The van der Waals surface area contributed by atoms with Crippen LogP contribution in [-0.2, 0) is 4.79 Å². The van der Waals surface area contributed by atoms with Gasteiger partial charge in [0.1, 0.15) is 0 Å². The molecule has 0 spiro atoms. The van der Waals surface area contributed by atoms with Gasteiger partial charge >= 0.3 is 0 Å². The number of para-hydroxylation sites is 1. The number of aromatic nitrogens is 1. The number of carbonyl (C=O) groups excluding carboxylic acids is 3. The summed E-state index contributed by atoms with van der Waals surface area (Å²) in [7, 11) is 0. The Morgan fingerprint density at radius 2 is 1.58 bits per heavy atom. The quantitative estimate of drug-likeness (QED) is 0.604. The predicted octanol–water partition coefficient (Wildman–Crippen LogP) is 4.16. The van der Waals surface area contributed by atoms with Crippen molar-refractivity contribution in [2.24, 2.45) is 5.92 Å². The van der Waals surface area contributed by atoms with Crippen LogP contribution in [0.15, 0.2) is 73.1 Å². The first kappa shape index (κ1) is 23.7. The van der Waals surface area contributed by atoms with Gasteiger partial charge in [0.25, 0.3) is 5.91 Å². The SMILES string of the molecule is CC(C)C(=O)N1CCN(C(=O)c2cccc(C3C(=O)c4ccccc4NC3c3ccncc3)c2)CC1. The Labute approximate surface area is 211 Å². The van der Waals surface area contributed by atoms with Crippen LogP contribution in [0.2, 0.25) is 0 Å². The van der Waals surface area contributed by atoms with Crippen molar-refractivity contribution in [1.29, 1.82) is 0 Å². The lowest BCUT2D eigenvalue weighted by atomic mass is 9.78. The van der Waals surface area contributed by atoms with Crippen LogP contribution in [0.25, 0.3) is 0 Å². The van der Waals surface area contributed by atoms with Gasteiger partial charge in [-0.2, -0.15) is 0 Å². The first-order valence-electron chi connectivity index (χ1n) is 12.4. The summed E-state index contributed by atoms with van der Waals surface area (Å²) in [4.78, 5) is 47.2. The van der Waals surface area contributed by atoms with E-state index in [1.165, 1.54) is 0 Å². The van der Waals surface area contributed by atoms with Gasteiger partial charge in [-0.25, -0.2) is 0 Å². The number of fused-ring (bicyclic) bond motifs is 1. The minimum absolute atomic E-state index is 0.0246. The zero-order valence-electron chi connectivity index (χ0n) is 20.6. The van der Waals surface area contributed by atoms with Crippen LogP contribution < -0.4 is 5.32 Å². The molecule has 2 aliphatic heterocycles. The van der Waals surface area contributed by atoms with E-state index in [9.17, 15) is 14.4 Å². The first-order valence-corrected chi connectivity index (χ1v) is 12.4. The number of anilines is 1. The second-order valence-electron chi connectivity index (χ2n) is 9.69. The summed E-state index contributed by atoms with van der Waals surface area (Å²) in [5.74, 6) is -0.475. The van der Waals surface area contributed by atoms with Crippen LogP contribution >= 0.6 is 0 Å². The van der Waals surface area contributed by atoms with Gasteiger partial charge in [0.05, 0.1) is 12.0 Å². The van der Waals surface area contributed by atoms with Crippen LogP contribution in [0.1, 0.15) is 57.7 Å². The van der Waals surface area contributed by atoms with E-state index in [-0.39, 0.29) is 29.6 Å². The molecule has 2 aliphatic rings. The zero-order chi connectivity index (χ0) is 25.2. The van der Waals surface area contributed by atoms with Gasteiger partial charge in [-0.05, 0) is 47.5 Å². The molecule has 1 fully saturated rings. The second-order valence-corrected chi connectivity index (χ2v) is 9.69. The number of rotatable bonds is 4. The van der Waals surface area contributed by atoms with Gasteiger partial charge in [-0.15, -0.1) is 0 Å². The number of piperazine rings is 1. The maximum Gasteiger partial charge on any atom is 0.253 e. The monoisotopic (exact) mass is 482 g/mol. The zero-order valence-corrected chi connectivity index (χ0v) is 20.6. The van der Waals surface area contributed by atoms with Gasteiger partial charge < -0.3 is 15.1 Å². The molecule has 0 radical (unpaired) electrons. The normalized spacial score (nSPS) is 19.6. The Kier molecular flexibility index (Phi) is 6.55. The minimum Gasteiger partial charge on any atom is -0.377 e. The number of Topliss-reactive ketones (excluding diaryl/α,β-unsaturated/α-hetero) is 1. The summed E-state index contributed by atoms with van der Waals surface area (Å²) in [6, 6.07) is 18.5. The number of carbonyl (C=O) groups is 3. The molecule has 7 nitrogen and oxygen atoms in total. The Hall–Kier alpha value is -4.00. The van der Waals surface area contributed by atoms with Crippen molar-refractivity contribution in [3.05, 3.63) is 95.3 Å². The highest BCUT2D eigenvalue weighted by molar-refractivity contribution is 6.08. The lowest BCUT2D eigenvalue weighted by molar-refractivity contribution is -0.135. The fourth-order valence-electron chi connectivity index (χ4n) is 5.13. The van der Waals surface area contributed by atoms with Crippen molar-refractivity contribution < 1.29 is 14.4 Å². The number of hydrogen-bond donors (Lipinski definition) is 1. The van der Waals surface area contributed by atoms with Gasteiger partial charge in [0.15, 0.2) is 5.78 Å². The molecule has 1 N–H and O–H groups in total. The Morgan fingerprint density at radius 3 is 2.31 bits per heavy atom. The number of pyridine rings is 1. The minimum atomic E-state index is -0.490. The van der Waals surface area contributed by atoms with Gasteiger partial charge in [-0.3, -0.25) is 19.4 Å². The molecule has 0 aliphatic carbocycles. The second kappa shape index (κ2) is 9.93. The van der Waals surface area contributed by atoms with E-state index in [2.05, 4.69) is 10.3 Å². The van der Waals surface area contributed by atoms with Crippen LogP contribution in [0.4, 0.5) is 5.69 Å². The number of ketones is 1. The average Bonchev–Trinajstić information content (AvgIpc) is 2.92. The molecule has 0 saturated carbocycles. The molecule has 36 heavy (non-hydrogen) atoms. The highest BCUT2D eigenvalue weighted by atomic mass is 16.2. The number of amides is 2. The molecule has 3 heterocycles. The van der Waals surface area contributed by atoms with Gasteiger partial charge in [-0.1, -0.05) is 38.1 Å². The Bertz CT molecular complexity index is 1280. The highest BCUT2D eigenvalue weighted by Gasteiger charge is 2.37. The van der Waals surface area contributed by atoms with Gasteiger partial charge in [0, 0.05) is 61.3 Å². The predicted molar refractivity (Wildman–Crippen MR) is 138 cm³/mol. The maximum atomic E-state index is 13.8. The van der Waals surface area contributed by atoms with E-state index in [1.807, 2.05) is 73.3 Å². The summed E-state index contributed by atoms with van der Waals surface area (Å²) in [6.07, 6.45) is 3.45. The molecule has 184 valence electrons. The molecule has 3 aromatic rings. The van der Waals surface area contributed by atoms with Crippen molar-refractivity contribution in [2.75, 3.05) is 31.5 Å². The first-order chi connectivity index (χ1) is 17.4. The molecule has 1 saturated heterocycles. The molecule has 5 rings (SSSR count). The third kappa shape index (κ3) is 4.49. The lowest BCUT2D eigenvalue weighted by Crippen LogP contribution is -2.51. The highest BCUT2D eigenvalue weighted by Crippen LogP contribution is 2.42. The van der Waals surface area contributed by atoms with Crippen molar-refractivity contribution in [3.63, 3.8) is 0 Å². The summed E-state index contributed by atoms with van der Waals surface area (Å²) in [6.45, 7) is 5.86. The lowest BCUT2D eigenvalue weighted by Gasteiger charge is -2.36. The van der Waals surface area contributed by atoms with E-state index in [0.29, 0.717) is 37.3 Å². The fourth-order valence-corrected chi connectivity index (χ4v) is 5.13. The molecule has 2 aromatic carbocycles. The van der Waals surface area contributed by atoms with Crippen molar-refractivity contribution in [3.8, 4) is 0 Å². The fraction of sp³-hybridized carbons (Fsp3) is 0.310. The van der Waals surface area contributed by atoms with Crippen LogP contribution in [-0.4, -0.2) is 58.6 Å². The maximum absolute atomic E-state index is 13.8. The standard InChI is InChI=1S/C29H30N4O3/c1-19(2)28(35)32-14-16-33(17-15-32)29(36)22-7-5-6-21(18-22)25-26(20-10-12-30-13-11-20)31-24-9-4-3-8-23(24)27(25)34/h3-13,18-19,25-26,31H,14-17H2,1-2H3. The molecule has 2 amide bonds. The van der Waals surface area contributed by atoms with Crippen LogP contribution in [0.3, 0.4) is 0 Å². The third-order valence-corrected chi connectivity index (χ3v) is 7.05. The van der Waals surface area contributed by atoms with Crippen LogP contribution in [0.5, 0.6) is 0 Å². The molecular weight excluding hydrogens is 452 g/mol. The van der Waals surface area contributed by atoms with Crippen molar-refractivity contribution >= 4 is 23.3 Å². The smallest absolute Gasteiger partial charge is 0.253 e. The molecule has 1 aromatic heterocycles. The Balaban J connectivity index is 1.42. The molecule has 0 bridgehead atoms. The number of hydrogen-bond acceptors (Lipinski definition) is 5. The number of benzene rings is 2. The number of nitrogens with one attached hydrogen (secondary N) is 1. The summed E-state index contributed by atoms with van der Waals surface area (Å²) in [5.41, 5.74) is 3.76. The average molecular weight is 483 g/mol. The molecule has 2 atom stereocenters. The summed E-state index contributed by atoms with van der Waals surface area (Å²) >= 11 is 0. The molecular formula is C29H30N4O3. The van der Waals surface area contributed by atoms with E-state index in [0.717, 1.165) is 16.8 Å². The molecule has 2 unspecified atom stereocenters. The summed E-state index contributed by atoms with van der Waals surface area (Å²) < 4.78 is 0. The van der Waals surface area contributed by atoms with Crippen molar-refractivity contribution in [1.82, 2.24) is 14.8 Å². The Morgan fingerprint density at radius 1 is 0.889 bits per heavy atom. The topological polar surface area (TPSA) is 82.6 Å². The molecule has 7 heteroatoms. The van der Waals surface area contributed by atoms with E-state index in [1.54, 1.807) is 23.4 Å². The number of nitrogens with zero attached hydrogens (tertiary/aromatic N) is 3. The third-order valence-electron chi connectivity index (χ3n) is 7.05.